The number of benzene rings is 8. The molecule has 8 heteroatoms. The van der Waals surface area contributed by atoms with Crippen LogP contribution in [0.2, 0.25) is 101 Å². The van der Waals surface area contributed by atoms with E-state index in [2.05, 4.69) is 351 Å². The van der Waals surface area contributed by atoms with E-state index >= 15 is 0 Å². The molecule has 0 unspecified atom stereocenters. The average Bonchev–Trinajstić information content (AvgIpc) is 1.74. The van der Waals surface area contributed by atoms with E-state index in [0.29, 0.717) is 0 Å². The van der Waals surface area contributed by atoms with Gasteiger partial charge in [-0.05, 0) is 349 Å². The first-order valence-electron chi connectivity index (χ1n) is 53.5. The van der Waals surface area contributed by atoms with Gasteiger partial charge in [-0.15, -0.1) is 0 Å². The number of hydrogen-bond acceptors (Lipinski definition) is 0. The summed E-state index contributed by atoms with van der Waals surface area (Å²) in [4.78, 5) is 0. The molecule has 8 fully saturated rings. The maximum absolute atomic E-state index is 2.64. The predicted octanol–water partition coefficient (Wildman–Crippen LogP) is 34.4. The normalized spacial score (nSPS) is 19.6. The molecule has 0 atom stereocenters. The summed E-state index contributed by atoms with van der Waals surface area (Å²) in [7, 11) is 5.21. The molecule has 8 heterocycles. The molecule has 8 aromatic carbocycles. The van der Waals surface area contributed by atoms with Crippen molar-refractivity contribution in [2.24, 2.45) is 28.2 Å². The van der Waals surface area contributed by atoms with Gasteiger partial charge in [-0.25, -0.2) is 18.3 Å². The molecule has 0 amide bonds. The fraction of sp³-hybridized carbons (Fsp3) is 0.520. The van der Waals surface area contributed by atoms with Gasteiger partial charge in [0.05, 0.1) is 38.2 Å². The summed E-state index contributed by atoms with van der Waals surface area (Å²) >= 11 is 0. The number of rotatable bonds is 12. The zero-order valence-electron chi connectivity index (χ0n) is 87.3. The van der Waals surface area contributed by atoms with Gasteiger partial charge in [0.25, 0.3) is 0 Å². The Morgan fingerprint density at radius 3 is 0.842 bits per heavy atom. The second-order valence-electron chi connectivity index (χ2n) is 49.7. The third-order valence-corrected chi connectivity index (χ3v) is 48.8. The molecular formula is C125H170N4Si4+4. The lowest BCUT2D eigenvalue weighted by Gasteiger charge is -2.33. The van der Waals surface area contributed by atoms with Gasteiger partial charge in [-0.1, -0.05) is 273 Å². The Labute approximate surface area is 809 Å². The standard InChI is InChI=1S/C34H46NSi.C32H46NSi.C30H40NSi.C29H38NSi/c1-24-32(27-11-7-8-12-27)22-30(25-9-5-6-10-25)23-33(24)34-31-14-13-28(21-29(31)15-18-35(34)2)26-16-19-36(3,4)20-17-26;1-22-28(20-26(31(2,3)4)21-29(22)32(5,6)7)30-27-12-11-24(19-25(27)13-16-33(30)8)23-14-17-34(9,10)18-15-23;1-21-18-27(23-8-6-7-9-23)20-29(22(21)2)30-28-11-10-25(19-26(28)12-15-31(30)3)24-13-16-32(4,5)17-14-24;1-21-9-10-25(22-7-5-6-8-22)20-28(21)29-27-12-11-24(19-26(27)13-16-30(29)2)23-14-17-31(3,4)18-15-23/h13-15,18,21-23,25-27H,5-12,16-17,19-20H2,1-4H3;11-13,16,19-21,23H,14-15,17-18H2,1-10H3;10-12,15,18-20,23-24H,6-9,13-14,16-17H2,1-5H3;9-13,16,19-20,22-23H,5-8,14-15,17-18H2,1-4H3/q4*+1. The van der Waals surface area contributed by atoms with E-state index in [1.54, 1.807) is 44.5 Å². The third kappa shape index (κ3) is 21.6. The maximum atomic E-state index is 2.64. The van der Waals surface area contributed by atoms with Gasteiger partial charge in [0.15, 0.2) is 24.8 Å². The van der Waals surface area contributed by atoms with Crippen LogP contribution in [-0.4, -0.2) is 32.3 Å². The number of pyridine rings is 4. The molecule has 4 nitrogen and oxygen atoms in total. The Morgan fingerprint density at radius 1 is 0.241 bits per heavy atom. The van der Waals surface area contributed by atoms with E-state index in [1.807, 2.05) is 0 Å². The van der Waals surface area contributed by atoms with Crippen LogP contribution in [0.25, 0.3) is 88.1 Å². The number of aromatic nitrogens is 4. The number of fused-ring (bicyclic) bond motifs is 4. The third-order valence-electron chi connectivity index (χ3n) is 35.7. The van der Waals surface area contributed by atoms with Crippen molar-refractivity contribution < 1.29 is 18.3 Å². The number of aryl methyl sites for hydroxylation is 6. The second kappa shape index (κ2) is 39.6. The topological polar surface area (TPSA) is 15.5 Å². The van der Waals surface area contributed by atoms with E-state index in [4.69, 9.17) is 0 Å². The molecule has 702 valence electrons. The summed E-state index contributed by atoms with van der Waals surface area (Å²) in [6.45, 7) is 46.2. The van der Waals surface area contributed by atoms with Gasteiger partial charge in [0, 0.05) is 62.1 Å². The minimum absolute atomic E-state index is 0.106. The lowest BCUT2D eigenvalue weighted by Crippen LogP contribution is -2.31. The highest BCUT2D eigenvalue weighted by atomic mass is 28.3. The van der Waals surface area contributed by atoms with Gasteiger partial charge >= 0.3 is 0 Å². The Balaban J connectivity index is 0.000000124. The van der Waals surface area contributed by atoms with Crippen LogP contribution in [0.4, 0.5) is 0 Å². The van der Waals surface area contributed by atoms with E-state index < -0.39 is 32.3 Å². The second-order valence-corrected chi connectivity index (χ2v) is 71.0. The van der Waals surface area contributed by atoms with E-state index in [9.17, 15) is 0 Å². The van der Waals surface area contributed by atoms with E-state index in [-0.39, 0.29) is 10.8 Å². The van der Waals surface area contributed by atoms with Crippen molar-refractivity contribution in [1.82, 2.24) is 0 Å². The van der Waals surface area contributed by atoms with Crippen molar-refractivity contribution in [2.75, 3.05) is 0 Å². The van der Waals surface area contributed by atoms with Gasteiger partial charge in [-0.2, -0.15) is 0 Å². The quantitative estimate of drug-likeness (QED) is 0.0856. The molecule has 4 aliphatic carbocycles. The van der Waals surface area contributed by atoms with Crippen molar-refractivity contribution in [3.05, 3.63) is 260 Å². The molecule has 20 rings (SSSR count). The molecule has 0 bridgehead atoms. The summed E-state index contributed by atoms with van der Waals surface area (Å²) in [6, 6.07) is 73.1. The van der Waals surface area contributed by atoms with Crippen molar-refractivity contribution in [3.63, 3.8) is 0 Å². The van der Waals surface area contributed by atoms with Crippen molar-refractivity contribution in [1.29, 1.82) is 0 Å². The van der Waals surface area contributed by atoms with Crippen LogP contribution in [-0.2, 0) is 39.0 Å². The van der Waals surface area contributed by atoms with Crippen molar-refractivity contribution >= 4 is 75.4 Å². The lowest BCUT2D eigenvalue weighted by molar-refractivity contribution is -0.659. The zero-order chi connectivity index (χ0) is 94.0. The lowest BCUT2D eigenvalue weighted by atomic mass is 9.76. The van der Waals surface area contributed by atoms with E-state index in [1.165, 1.54) is 330 Å². The molecule has 4 aromatic heterocycles. The highest BCUT2D eigenvalue weighted by molar-refractivity contribution is 6.78. The fourth-order valence-corrected chi connectivity index (χ4v) is 36.3. The maximum Gasteiger partial charge on any atom is 0.220 e. The van der Waals surface area contributed by atoms with Crippen LogP contribution < -0.4 is 18.3 Å². The Bertz CT molecular complexity index is 6210. The fourth-order valence-electron chi connectivity index (χ4n) is 26.2. The van der Waals surface area contributed by atoms with Crippen LogP contribution >= 0.6 is 0 Å². The largest absolute Gasteiger partial charge is 0.220 e. The summed E-state index contributed by atoms with van der Waals surface area (Å²) in [6.07, 6.45) is 42.3. The summed E-state index contributed by atoms with van der Waals surface area (Å²) in [5.41, 5.74) is 34.2. The summed E-state index contributed by atoms with van der Waals surface area (Å²) < 4.78 is 9.41. The molecule has 4 aliphatic heterocycles. The first-order chi connectivity index (χ1) is 63.3. The van der Waals surface area contributed by atoms with Crippen LogP contribution in [0.15, 0.2) is 176 Å². The average molecular weight is 1840 g/mol. The molecule has 0 N–H and O–H groups in total. The highest BCUT2D eigenvalue weighted by Gasteiger charge is 2.38. The van der Waals surface area contributed by atoms with Crippen molar-refractivity contribution in [2.45, 2.75) is 389 Å². The zero-order valence-corrected chi connectivity index (χ0v) is 91.3. The SMILES string of the molecule is Cc1c(-c2c3ccc(C4CC[Si](C)(C)CC4)cc3cc[n+]2C)cc(C(C)(C)C)cc1C(C)(C)C.Cc1c(-c2c3ccc(C4CC[Si](C)(C)CC4)cc3cc[n+]2C)cc(C2CCCC2)cc1C1CCCC1.Cc1cc(C2CCCC2)cc(-c2c3ccc(C4CC[Si](C)(C)CC4)cc3cc[n+]2C)c1C.Cc1ccc(C2CCCC2)cc1-c1c2ccc(C3CC[Si](C)(C)CC3)cc2cc[n+]1C. The van der Waals surface area contributed by atoms with Gasteiger partial charge in [0.2, 0.25) is 22.8 Å². The highest BCUT2D eigenvalue weighted by Crippen LogP contribution is 2.50. The molecule has 133 heavy (non-hydrogen) atoms. The summed E-state index contributed by atoms with van der Waals surface area (Å²) in [5, 5.41) is 11.2. The smallest absolute Gasteiger partial charge is 0.200 e. The van der Waals surface area contributed by atoms with Crippen LogP contribution in [0, 0.1) is 34.6 Å². The van der Waals surface area contributed by atoms with E-state index in [0.717, 1.165) is 47.3 Å². The molecule has 0 radical (unpaired) electrons. The van der Waals surface area contributed by atoms with Crippen LogP contribution in [0.1, 0.15) is 326 Å². The molecule has 4 saturated carbocycles. The van der Waals surface area contributed by atoms with Gasteiger partial charge in [0.1, 0.15) is 28.2 Å². The van der Waals surface area contributed by atoms with Crippen molar-refractivity contribution in [3.8, 4) is 45.0 Å². The first kappa shape index (κ1) is 96.9. The first-order valence-corrected chi connectivity index (χ1v) is 67.2. The summed E-state index contributed by atoms with van der Waals surface area (Å²) in [5.74, 6) is 6.03. The molecule has 8 aliphatic rings. The van der Waals surface area contributed by atoms with Gasteiger partial charge in [-0.3, -0.25) is 0 Å². The molecule has 12 aromatic rings. The minimum Gasteiger partial charge on any atom is -0.200 e. The Hall–Kier alpha value is -7.73. The number of hydrogen-bond donors (Lipinski definition) is 0. The van der Waals surface area contributed by atoms with Crippen LogP contribution in [0.5, 0.6) is 0 Å². The Kier molecular flexibility index (Phi) is 28.9. The van der Waals surface area contributed by atoms with Gasteiger partial charge < -0.3 is 0 Å². The monoisotopic (exact) mass is 1840 g/mol. The molecule has 0 spiro atoms. The number of nitrogens with zero attached hydrogens (tertiary/aromatic N) is 4. The molecule has 4 saturated heterocycles. The van der Waals surface area contributed by atoms with Crippen LogP contribution in [0.3, 0.4) is 0 Å². The molecular weight excluding hydrogens is 1670 g/mol. The minimum atomic E-state index is -0.931. The predicted molar refractivity (Wildman–Crippen MR) is 584 cm³/mol. The Morgan fingerprint density at radius 2 is 0.511 bits per heavy atom.